The quantitative estimate of drug-likeness (QED) is 0.221. The SMILES string of the molecule is OCc1c(-c2ccc(-c3ccccc3)c(-c3ccccc3)c2CO)ccc(-c2ccccc2)c1-c1ccccc1. The molecule has 40 heavy (non-hydrogen) atoms. The van der Waals surface area contributed by atoms with E-state index in [0.717, 1.165) is 66.8 Å². The monoisotopic (exact) mass is 518 g/mol. The molecule has 0 amide bonds. The number of benzene rings is 6. The molecule has 0 saturated heterocycles. The fraction of sp³-hybridized carbons (Fsp3) is 0.0526. The minimum atomic E-state index is -0.133. The molecule has 0 heterocycles. The first kappa shape index (κ1) is 25.5. The van der Waals surface area contributed by atoms with E-state index in [1.54, 1.807) is 0 Å². The van der Waals surface area contributed by atoms with Crippen molar-refractivity contribution in [2.75, 3.05) is 0 Å². The lowest BCUT2D eigenvalue weighted by atomic mass is 9.82. The second-order valence-electron chi connectivity index (χ2n) is 9.81. The maximum atomic E-state index is 10.9. The Bertz CT molecular complexity index is 1590. The minimum absolute atomic E-state index is 0.133. The summed E-state index contributed by atoms with van der Waals surface area (Å²) in [4.78, 5) is 0. The predicted octanol–water partition coefficient (Wildman–Crippen LogP) is 9.01. The van der Waals surface area contributed by atoms with Crippen LogP contribution in [0.2, 0.25) is 0 Å². The molecule has 2 heteroatoms. The first-order valence-electron chi connectivity index (χ1n) is 13.6. The zero-order valence-electron chi connectivity index (χ0n) is 22.2. The largest absolute Gasteiger partial charge is 0.392 e. The van der Waals surface area contributed by atoms with Crippen molar-refractivity contribution >= 4 is 0 Å². The Morgan fingerprint density at radius 1 is 0.300 bits per heavy atom. The van der Waals surface area contributed by atoms with Crippen LogP contribution < -0.4 is 0 Å². The highest BCUT2D eigenvalue weighted by Crippen LogP contribution is 2.44. The average molecular weight is 519 g/mol. The molecule has 0 aliphatic heterocycles. The number of hydrogen-bond acceptors (Lipinski definition) is 2. The van der Waals surface area contributed by atoms with E-state index in [0.29, 0.717) is 0 Å². The summed E-state index contributed by atoms with van der Waals surface area (Å²) >= 11 is 0. The van der Waals surface area contributed by atoms with E-state index in [9.17, 15) is 10.2 Å². The van der Waals surface area contributed by atoms with Crippen molar-refractivity contribution in [1.82, 2.24) is 0 Å². The maximum absolute atomic E-state index is 10.9. The van der Waals surface area contributed by atoms with Crippen LogP contribution in [0.25, 0.3) is 55.6 Å². The summed E-state index contributed by atoms with van der Waals surface area (Å²) < 4.78 is 0. The summed E-state index contributed by atoms with van der Waals surface area (Å²) in [5.41, 5.74) is 11.9. The van der Waals surface area contributed by atoms with E-state index in [1.165, 1.54) is 0 Å². The highest BCUT2D eigenvalue weighted by molar-refractivity contribution is 5.95. The van der Waals surface area contributed by atoms with Gasteiger partial charge in [-0.3, -0.25) is 0 Å². The van der Waals surface area contributed by atoms with Gasteiger partial charge in [0.15, 0.2) is 0 Å². The molecule has 0 fully saturated rings. The predicted molar refractivity (Wildman–Crippen MR) is 165 cm³/mol. The molecule has 194 valence electrons. The Balaban J connectivity index is 1.66. The van der Waals surface area contributed by atoms with Gasteiger partial charge in [-0.15, -0.1) is 0 Å². The summed E-state index contributed by atoms with van der Waals surface area (Å²) in [7, 11) is 0. The molecule has 6 aromatic rings. The van der Waals surface area contributed by atoms with E-state index in [-0.39, 0.29) is 13.2 Å². The Kier molecular flexibility index (Phi) is 7.37. The third kappa shape index (κ3) is 4.76. The van der Waals surface area contributed by atoms with Gasteiger partial charge in [0.25, 0.3) is 0 Å². The molecule has 0 unspecified atom stereocenters. The molecule has 0 aliphatic carbocycles. The van der Waals surface area contributed by atoms with Gasteiger partial charge in [-0.05, 0) is 66.8 Å². The zero-order valence-corrected chi connectivity index (χ0v) is 22.2. The Labute approximate surface area is 235 Å². The number of aliphatic hydroxyl groups is 2. The third-order valence-corrected chi connectivity index (χ3v) is 7.53. The van der Waals surface area contributed by atoms with Crippen LogP contribution in [-0.2, 0) is 13.2 Å². The fourth-order valence-electron chi connectivity index (χ4n) is 5.71. The molecule has 0 spiro atoms. The molecular formula is C38H30O2. The van der Waals surface area contributed by atoms with Crippen LogP contribution in [0.5, 0.6) is 0 Å². The van der Waals surface area contributed by atoms with Crippen molar-refractivity contribution in [1.29, 1.82) is 0 Å². The fourth-order valence-corrected chi connectivity index (χ4v) is 5.71. The lowest BCUT2D eigenvalue weighted by Crippen LogP contribution is -2.02. The summed E-state index contributed by atoms with van der Waals surface area (Å²) in [5, 5.41) is 21.8. The minimum Gasteiger partial charge on any atom is -0.392 e. The first-order valence-corrected chi connectivity index (χ1v) is 13.6. The van der Waals surface area contributed by atoms with E-state index in [1.807, 2.05) is 72.8 Å². The van der Waals surface area contributed by atoms with Crippen molar-refractivity contribution in [2.45, 2.75) is 13.2 Å². The summed E-state index contributed by atoms with van der Waals surface area (Å²) in [6.07, 6.45) is 0. The second-order valence-corrected chi connectivity index (χ2v) is 9.81. The van der Waals surface area contributed by atoms with Crippen molar-refractivity contribution < 1.29 is 10.2 Å². The van der Waals surface area contributed by atoms with Crippen molar-refractivity contribution in [3.05, 3.63) is 157 Å². The smallest absolute Gasteiger partial charge is 0.0694 e. The molecule has 2 nitrogen and oxygen atoms in total. The van der Waals surface area contributed by atoms with Crippen LogP contribution in [0.15, 0.2) is 146 Å². The second kappa shape index (κ2) is 11.5. The van der Waals surface area contributed by atoms with Crippen LogP contribution in [-0.4, -0.2) is 10.2 Å². The van der Waals surface area contributed by atoms with E-state index in [4.69, 9.17) is 0 Å². The number of hydrogen-bond donors (Lipinski definition) is 2. The highest BCUT2D eigenvalue weighted by atomic mass is 16.3. The standard InChI is InChI=1S/C38H30O2/c39-25-35-33(23-21-31(27-13-5-1-6-14-27)37(35)29-17-9-3-10-18-29)34-24-22-32(28-15-7-2-8-16-28)38(36(34)26-40)30-19-11-4-12-20-30/h1-24,39-40H,25-26H2. The molecule has 2 N–H and O–H groups in total. The summed E-state index contributed by atoms with van der Waals surface area (Å²) in [6.45, 7) is -0.265. The lowest BCUT2D eigenvalue weighted by Gasteiger charge is -2.23. The van der Waals surface area contributed by atoms with Gasteiger partial charge >= 0.3 is 0 Å². The van der Waals surface area contributed by atoms with Gasteiger partial charge in [0.1, 0.15) is 0 Å². The molecule has 0 aromatic heterocycles. The van der Waals surface area contributed by atoms with Gasteiger partial charge in [-0.2, -0.15) is 0 Å². The molecule has 0 radical (unpaired) electrons. The normalized spacial score (nSPS) is 10.9. The molecule has 0 atom stereocenters. The van der Waals surface area contributed by atoms with E-state index >= 15 is 0 Å². The van der Waals surface area contributed by atoms with Crippen molar-refractivity contribution in [3.63, 3.8) is 0 Å². The molecule has 6 rings (SSSR count). The molecule has 6 aromatic carbocycles. The maximum Gasteiger partial charge on any atom is 0.0694 e. The van der Waals surface area contributed by atoms with Crippen molar-refractivity contribution in [3.8, 4) is 55.6 Å². The molecule has 0 aliphatic rings. The van der Waals surface area contributed by atoms with Crippen LogP contribution in [0.4, 0.5) is 0 Å². The molecule has 0 saturated carbocycles. The van der Waals surface area contributed by atoms with Gasteiger partial charge in [0.2, 0.25) is 0 Å². The van der Waals surface area contributed by atoms with Crippen molar-refractivity contribution in [2.24, 2.45) is 0 Å². The third-order valence-electron chi connectivity index (χ3n) is 7.53. The zero-order chi connectivity index (χ0) is 27.3. The summed E-state index contributed by atoms with van der Waals surface area (Å²) in [5.74, 6) is 0. The Morgan fingerprint density at radius 2 is 0.575 bits per heavy atom. The Hall–Kier alpha value is -4.76. The van der Waals surface area contributed by atoms with Crippen LogP contribution in [0.3, 0.4) is 0 Å². The first-order chi connectivity index (χ1) is 19.8. The topological polar surface area (TPSA) is 40.5 Å². The van der Waals surface area contributed by atoms with Crippen LogP contribution in [0, 0.1) is 0 Å². The van der Waals surface area contributed by atoms with Gasteiger partial charge in [-0.1, -0.05) is 146 Å². The molecule has 0 bridgehead atoms. The van der Waals surface area contributed by atoms with Gasteiger partial charge in [-0.25, -0.2) is 0 Å². The van der Waals surface area contributed by atoms with Gasteiger partial charge in [0, 0.05) is 0 Å². The van der Waals surface area contributed by atoms with Gasteiger partial charge < -0.3 is 10.2 Å². The number of aliphatic hydroxyl groups excluding tert-OH is 2. The number of rotatable bonds is 7. The van der Waals surface area contributed by atoms with Crippen LogP contribution >= 0.6 is 0 Å². The highest BCUT2D eigenvalue weighted by Gasteiger charge is 2.22. The van der Waals surface area contributed by atoms with E-state index < -0.39 is 0 Å². The van der Waals surface area contributed by atoms with Gasteiger partial charge in [0.05, 0.1) is 13.2 Å². The van der Waals surface area contributed by atoms with E-state index in [2.05, 4.69) is 72.8 Å². The summed E-state index contributed by atoms with van der Waals surface area (Å²) in [6, 6.07) is 49.5. The Morgan fingerprint density at radius 3 is 0.875 bits per heavy atom. The van der Waals surface area contributed by atoms with Crippen LogP contribution in [0.1, 0.15) is 11.1 Å². The lowest BCUT2D eigenvalue weighted by molar-refractivity contribution is 0.281. The average Bonchev–Trinajstić information content (AvgIpc) is 3.05. The molecular weight excluding hydrogens is 488 g/mol.